The first kappa shape index (κ1) is 13.4. The predicted molar refractivity (Wildman–Crippen MR) is 75.3 cm³/mol. The summed E-state index contributed by atoms with van der Waals surface area (Å²) in [5, 5.41) is 9.14. The Morgan fingerprint density at radius 3 is 2.62 bits per heavy atom. The van der Waals surface area contributed by atoms with E-state index in [4.69, 9.17) is 5.11 Å². The van der Waals surface area contributed by atoms with Crippen LogP contribution >= 0.6 is 0 Å². The maximum atomic E-state index is 12.4. The second-order valence-electron chi connectivity index (χ2n) is 5.01. The molecule has 6 heteroatoms. The molecule has 0 spiro atoms. The minimum Gasteiger partial charge on any atom is -0.480 e. The van der Waals surface area contributed by atoms with Gasteiger partial charge in [-0.3, -0.25) is 4.79 Å². The molecule has 1 fully saturated rings. The summed E-state index contributed by atoms with van der Waals surface area (Å²) in [5.41, 5.74) is 1.41. The van der Waals surface area contributed by atoms with Gasteiger partial charge in [0.1, 0.15) is 6.04 Å². The van der Waals surface area contributed by atoms with Crippen molar-refractivity contribution in [1.29, 1.82) is 0 Å². The van der Waals surface area contributed by atoms with E-state index in [0.717, 1.165) is 12.1 Å². The van der Waals surface area contributed by atoms with Crippen LogP contribution in [0.2, 0.25) is 0 Å². The lowest BCUT2D eigenvalue weighted by Crippen LogP contribution is -2.40. The maximum Gasteiger partial charge on any atom is 0.326 e. The van der Waals surface area contributed by atoms with Crippen LogP contribution in [0.25, 0.3) is 5.69 Å². The summed E-state index contributed by atoms with van der Waals surface area (Å²) in [4.78, 5) is 29.0. The smallest absolute Gasteiger partial charge is 0.326 e. The highest BCUT2D eigenvalue weighted by atomic mass is 16.4. The van der Waals surface area contributed by atoms with Crippen LogP contribution in [0, 0.1) is 0 Å². The van der Waals surface area contributed by atoms with Gasteiger partial charge in [0.25, 0.3) is 5.91 Å². The van der Waals surface area contributed by atoms with E-state index in [1.807, 2.05) is 22.9 Å². The molecule has 21 heavy (non-hydrogen) atoms. The summed E-state index contributed by atoms with van der Waals surface area (Å²) in [5.74, 6) is -1.16. The number of aromatic nitrogens is 2. The fourth-order valence-electron chi connectivity index (χ4n) is 2.62. The van der Waals surface area contributed by atoms with Gasteiger partial charge in [-0.1, -0.05) is 0 Å². The van der Waals surface area contributed by atoms with E-state index >= 15 is 0 Å². The van der Waals surface area contributed by atoms with Crippen LogP contribution in [0.3, 0.4) is 0 Å². The van der Waals surface area contributed by atoms with Gasteiger partial charge in [-0.2, -0.15) is 0 Å². The molecule has 0 saturated carbocycles. The van der Waals surface area contributed by atoms with Crippen molar-refractivity contribution in [2.24, 2.45) is 0 Å². The quantitative estimate of drug-likeness (QED) is 0.928. The molecular weight excluding hydrogens is 270 g/mol. The van der Waals surface area contributed by atoms with Gasteiger partial charge in [-0.05, 0) is 37.1 Å². The van der Waals surface area contributed by atoms with E-state index in [2.05, 4.69) is 4.98 Å². The molecule has 1 atom stereocenters. The van der Waals surface area contributed by atoms with Crippen LogP contribution in [0.4, 0.5) is 0 Å². The topological polar surface area (TPSA) is 75.4 Å². The third-order valence-corrected chi connectivity index (χ3v) is 3.72. The fourth-order valence-corrected chi connectivity index (χ4v) is 2.62. The highest BCUT2D eigenvalue weighted by Gasteiger charge is 2.34. The number of carbonyl (C=O) groups is 2. The molecule has 0 aliphatic carbocycles. The molecule has 3 rings (SSSR count). The monoisotopic (exact) mass is 285 g/mol. The van der Waals surface area contributed by atoms with E-state index in [1.165, 1.54) is 4.90 Å². The molecule has 108 valence electrons. The predicted octanol–water partition coefficient (Wildman–Crippen LogP) is 1.56. The van der Waals surface area contributed by atoms with Crippen molar-refractivity contribution in [3.63, 3.8) is 0 Å². The summed E-state index contributed by atoms with van der Waals surface area (Å²) in [6, 6.07) is 6.37. The lowest BCUT2D eigenvalue weighted by atomic mass is 10.1. The van der Waals surface area contributed by atoms with Crippen molar-refractivity contribution in [3.8, 4) is 5.69 Å². The Kier molecular flexibility index (Phi) is 3.43. The van der Waals surface area contributed by atoms with Crippen molar-refractivity contribution < 1.29 is 14.7 Å². The average Bonchev–Trinajstić information content (AvgIpc) is 3.18. The molecule has 1 amide bonds. The number of imidazole rings is 1. The second-order valence-corrected chi connectivity index (χ2v) is 5.01. The highest BCUT2D eigenvalue weighted by Crippen LogP contribution is 2.21. The average molecular weight is 285 g/mol. The van der Waals surface area contributed by atoms with Crippen LogP contribution in [0.5, 0.6) is 0 Å². The zero-order chi connectivity index (χ0) is 14.8. The van der Waals surface area contributed by atoms with Crippen LogP contribution in [0.1, 0.15) is 23.2 Å². The number of hydrogen-bond donors (Lipinski definition) is 1. The number of rotatable bonds is 3. The number of amides is 1. The van der Waals surface area contributed by atoms with Crippen molar-refractivity contribution in [2.75, 3.05) is 6.54 Å². The van der Waals surface area contributed by atoms with Gasteiger partial charge in [0.2, 0.25) is 0 Å². The first-order valence-electron chi connectivity index (χ1n) is 6.79. The summed E-state index contributed by atoms with van der Waals surface area (Å²) < 4.78 is 1.84. The van der Waals surface area contributed by atoms with Gasteiger partial charge in [0, 0.05) is 30.2 Å². The minimum atomic E-state index is -0.934. The Bertz CT molecular complexity index is 649. The molecular formula is C15H15N3O3. The fraction of sp³-hybridized carbons (Fsp3) is 0.267. The molecule has 2 aromatic rings. The largest absolute Gasteiger partial charge is 0.480 e. The zero-order valence-electron chi connectivity index (χ0n) is 11.3. The second kappa shape index (κ2) is 5.40. The summed E-state index contributed by atoms with van der Waals surface area (Å²) in [6.07, 6.45) is 6.43. The summed E-state index contributed by atoms with van der Waals surface area (Å²) in [6.45, 7) is 0.499. The van der Waals surface area contributed by atoms with Crippen molar-refractivity contribution in [1.82, 2.24) is 14.5 Å². The van der Waals surface area contributed by atoms with Crippen LogP contribution < -0.4 is 0 Å². The molecule has 1 aliphatic rings. The number of hydrogen-bond acceptors (Lipinski definition) is 3. The van der Waals surface area contributed by atoms with Crippen molar-refractivity contribution >= 4 is 11.9 Å². The maximum absolute atomic E-state index is 12.4. The Morgan fingerprint density at radius 1 is 1.24 bits per heavy atom. The lowest BCUT2D eigenvalue weighted by molar-refractivity contribution is -0.141. The third kappa shape index (κ3) is 2.52. The third-order valence-electron chi connectivity index (χ3n) is 3.72. The first-order valence-corrected chi connectivity index (χ1v) is 6.79. The van der Waals surface area contributed by atoms with Gasteiger partial charge in [0.15, 0.2) is 0 Å². The van der Waals surface area contributed by atoms with Crippen LogP contribution in [-0.4, -0.2) is 44.0 Å². The molecule has 6 nitrogen and oxygen atoms in total. The number of aliphatic carboxylic acids is 1. The van der Waals surface area contributed by atoms with E-state index in [-0.39, 0.29) is 5.91 Å². The van der Waals surface area contributed by atoms with E-state index in [9.17, 15) is 9.59 Å². The minimum absolute atomic E-state index is 0.225. The van der Waals surface area contributed by atoms with Gasteiger partial charge in [0.05, 0.1) is 6.33 Å². The Balaban J connectivity index is 1.80. The SMILES string of the molecule is O=C(O)[C@@H]1CCCN1C(=O)c1ccc(-n2ccnc2)cc1. The van der Waals surface area contributed by atoms with Crippen molar-refractivity contribution in [3.05, 3.63) is 48.5 Å². The number of carbonyl (C=O) groups excluding carboxylic acids is 1. The molecule has 2 heterocycles. The molecule has 0 radical (unpaired) electrons. The van der Waals surface area contributed by atoms with E-state index in [1.54, 1.807) is 24.7 Å². The standard InChI is InChI=1S/C15H15N3O3/c19-14(18-8-1-2-13(18)15(20)21)11-3-5-12(6-4-11)17-9-7-16-10-17/h3-7,9-10,13H,1-2,8H2,(H,20,21)/t13-/m0/s1. The Hall–Kier alpha value is -2.63. The zero-order valence-corrected chi connectivity index (χ0v) is 11.3. The molecule has 1 aromatic heterocycles. The van der Waals surface area contributed by atoms with Crippen molar-refractivity contribution in [2.45, 2.75) is 18.9 Å². The van der Waals surface area contributed by atoms with Gasteiger partial charge in [-0.25, -0.2) is 9.78 Å². The number of benzene rings is 1. The van der Waals surface area contributed by atoms with Gasteiger partial charge in [-0.15, -0.1) is 0 Å². The normalized spacial score (nSPS) is 17.9. The van der Waals surface area contributed by atoms with Crippen LogP contribution in [-0.2, 0) is 4.79 Å². The molecule has 1 saturated heterocycles. The molecule has 1 N–H and O–H groups in total. The Morgan fingerprint density at radius 2 is 2.00 bits per heavy atom. The lowest BCUT2D eigenvalue weighted by Gasteiger charge is -2.21. The van der Waals surface area contributed by atoms with Crippen LogP contribution in [0.15, 0.2) is 43.0 Å². The highest BCUT2D eigenvalue weighted by molar-refractivity contribution is 5.97. The Labute approximate surface area is 121 Å². The van der Waals surface area contributed by atoms with Gasteiger partial charge < -0.3 is 14.6 Å². The number of carboxylic acids is 1. The molecule has 1 aromatic carbocycles. The van der Waals surface area contributed by atoms with Gasteiger partial charge >= 0.3 is 5.97 Å². The molecule has 0 unspecified atom stereocenters. The van der Waals surface area contributed by atoms with E-state index in [0.29, 0.717) is 18.5 Å². The number of carboxylic acid groups (broad SMARTS) is 1. The molecule has 1 aliphatic heterocycles. The molecule has 0 bridgehead atoms. The summed E-state index contributed by atoms with van der Waals surface area (Å²) in [7, 11) is 0. The number of nitrogens with zero attached hydrogens (tertiary/aromatic N) is 3. The number of likely N-dealkylation sites (tertiary alicyclic amines) is 1. The summed E-state index contributed by atoms with van der Waals surface area (Å²) >= 11 is 0. The van der Waals surface area contributed by atoms with E-state index < -0.39 is 12.0 Å². The first-order chi connectivity index (χ1) is 10.2.